The van der Waals surface area contributed by atoms with Crippen molar-refractivity contribution in [3.63, 3.8) is 0 Å². The minimum atomic E-state index is -4.92. The van der Waals surface area contributed by atoms with E-state index < -0.39 is 82.4 Å². The molecule has 9 atom stereocenters. The van der Waals surface area contributed by atoms with Gasteiger partial charge in [-0.3, -0.25) is 4.52 Å². The molecule has 9 unspecified atom stereocenters. The molecular weight excluding hydrogens is 438 g/mol. The van der Waals surface area contributed by atoms with Gasteiger partial charge in [0.2, 0.25) is 5.79 Å². The number of aliphatic hydroxyl groups excluding tert-OH is 7. The van der Waals surface area contributed by atoms with Crippen LogP contribution in [0.5, 0.6) is 0 Å². The molecule has 2 aliphatic rings. The van der Waals surface area contributed by atoms with Crippen LogP contribution in [0.2, 0.25) is 0 Å². The van der Waals surface area contributed by atoms with E-state index in [-0.39, 0.29) is 51.4 Å². The van der Waals surface area contributed by atoms with Crippen molar-refractivity contribution in [3.05, 3.63) is 0 Å². The Kier molecular flexibility index (Phi) is 10.5. The van der Waals surface area contributed by atoms with Gasteiger partial charge in [-0.25, -0.2) is 4.57 Å². The third-order valence-electron chi connectivity index (χ3n) is 4.30. The van der Waals surface area contributed by atoms with Gasteiger partial charge in [-0.15, -0.1) is 0 Å². The average Bonchev–Trinajstić information content (AvgIpc) is 2.85. The minimum absolute atomic E-state index is 0. The Bertz CT molecular complexity index is 546. The van der Waals surface area contributed by atoms with E-state index in [1.807, 2.05) is 0 Å². The molecule has 14 nitrogen and oxygen atoms in total. The van der Waals surface area contributed by atoms with Crippen molar-refractivity contribution in [3.8, 4) is 0 Å². The predicted molar refractivity (Wildman–Crippen MR) is 85.3 cm³/mol. The molecule has 0 aromatic heterocycles. The molecular formula is C12H23KO14P. The monoisotopic (exact) mass is 461 g/mol. The van der Waals surface area contributed by atoms with E-state index in [1.165, 1.54) is 0 Å². The Morgan fingerprint density at radius 2 is 1.54 bits per heavy atom. The molecule has 16 heteroatoms. The van der Waals surface area contributed by atoms with Crippen LogP contribution < -0.4 is 0 Å². The molecule has 9 N–H and O–H groups in total. The summed E-state index contributed by atoms with van der Waals surface area (Å²) in [6.07, 6.45) is -13.9. The first-order chi connectivity index (χ1) is 12.5. The summed E-state index contributed by atoms with van der Waals surface area (Å²) in [5.74, 6) is -2.42. The Balaban J connectivity index is 0.00000392. The van der Waals surface area contributed by atoms with Crippen LogP contribution in [0.1, 0.15) is 0 Å². The standard InChI is InChI=1S/C12H23O14P.K/c13-1-4-6(15)8(17)9(18)11(24-4)26-12(3-14)10(19)7(16)5(25-12)2-23-27(20,21)22;/h4-11,13-19H,1-3H2,(H2,20,21,22);. The SMILES string of the molecule is O=P(O)(O)OCC1OC(CO)(OC2OC(CO)C(O)C(O)C2O)C(O)C1O.[K]. The molecule has 2 fully saturated rings. The molecule has 2 saturated heterocycles. The zero-order chi connectivity index (χ0) is 20.6. The number of hydrogen-bond donors (Lipinski definition) is 9. The number of phosphoric acid groups is 1. The maximum Gasteiger partial charge on any atom is 0.469 e. The zero-order valence-electron chi connectivity index (χ0n) is 14.8. The Labute approximate surface area is 201 Å². The van der Waals surface area contributed by atoms with Crippen LogP contribution in [0, 0.1) is 0 Å². The molecule has 2 aliphatic heterocycles. The van der Waals surface area contributed by atoms with E-state index in [9.17, 15) is 35.2 Å². The fourth-order valence-corrected chi connectivity index (χ4v) is 3.13. The smallest absolute Gasteiger partial charge is 0.394 e. The molecule has 0 spiro atoms. The average molecular weight is 461 g/mol. The number of ether oxygens (including phenoxy) is 3. The van der Waals surface area contributed by atoms with Crippen LogP contribution in [-0.4, -0.2) is 172 Å². The predicted octanol–water partition coefficient (Wildman–Crippen LogP) is -5.66. The van der Waals surface area contributed by atoms with Crippen LogP contribution in [0.25, 0.3) is 0 Å². The summed E-state index contributed by atoms with van der Waals surface area (Å²) >= 11 is 0. The molecule has 0 amide bonds. The molecule has 1 radical (unpaired) electrons. The van der Waals surface area contributed by atoms with E-state index in [2.05, 4.69) is 4.52 Å². The summed E-state index contributed by atoms with van der Waals surface area (Å²) in [5, 5.41) is 68.3. The van der Waals surface area contributed by atoms with Crippen molar-refractivity contribution in [2.45, 2.75) is 54.8 Å². The van der Waals surface area contributed by atoms with Crippen LogP contribution in [0.3, 0.4) is 0 Å². The molecule has 0 bridgehead atoms. The second kappa shape index (κ2) is 10.8. The van der Waals surface area contributed by atoms with Gasteiger partial charge in [0, 0.05) is 51.4 Å². The van der Waals surface area contributed by atoms with Gasteiger partial charge < -0.3 is 59.7 Å². The van der Waals surface area contributed by atoms with Gasteiger partial charge in [-0.1, -0.05) is 0 Å². The molecule has 2 heterocycles. The molecule has 28 heavy (non-hydrogen) atoms. The molecule has 2 rings (SSSR count). The summed E-state index contributed by atoms with van der Waals surface area (Å²) in [4.78, 5) is 17.4. The van der Waals surface area contributed by atoms with Gasteiger partial charge in [0.05, 0.1) is 13.2 Å². The topological polar surface area (TPSA) is 236 Å². The summed E-state index contributed by atoms with van der Waals surface area (Å²) in [6, 6.07) is 0. The first kappa shape index (κ1) is 27.4. The fraction of sp³-hybridized carbons (Fsp3) is 1.00. The van der Waals surface area contributed by atoms with Crippen LogP contribution in [-0.2, 0) is 23.3 Å². The number of aliphatic hydroxyl groups is 7. The van der Waals surface area contributed by atoms with Crippen molar-refractivity contribution >= 4 is 59.2 Å². The quantitative estimate of drug-likeness (QED) is 0.127. The molecule has 0 saturated carbocycles. The van der Waals surface area contributed by atoms with Crippen LogP contribution >= 0.6 is 7.82 Å². The number of rotatable bonds is 7. The molecule has 0 aromatic carbocycles. The maximum absolute atomic E-state index is 10.8. The van der Waals surface area contributed by atoms with E-state index in [0.29, 0.717) is 0 Å². The third kappa shape index (κ3) is 5.98. The van der Waals surface area contributed by atoms with Gasteiger partial charge in [-0.05, 0) is 0 Å². The molecule has 0 aromatic rings. The van der Waals surface area contributed by atoms with Crippen LogP contribution in [0.15, 0.2) is 0 Å². The van der Waals surface area contributed by atoms with Gasteiger partial charge >= 0.3 is 7.82 Å². The first-order valence-corrected chi connectivity index (χ1v) is 9.32. The van der Waals surface area contributed by atoms with Gasteiger partial charge in [0.15, 0.2) is 6.29 Å². The summed E-state index contributed by atoms with van der Waals surface area (Å²) in [5.41, 5.74) is 0. The van der Waals surface area contributed by atoms with Gasteiger partial charge in [-0.2, -0.15) is 0 Å². The van der Waals surface area contributed by atoms with Crippen molar-refractivity contribution in [2.75, 3.05) is 19.8 Å². The van der Waals surface area contributed by atoms with Gasteiger partial charge in [0.25, 0.3) is 0 Å². The summed E-state index contributed by atoms with van der Waals surface area (Å²) in [6.45, 7) is -2.74. The molecule has 161 valence electrons. The number of hydrogen-bond acceptors (Lipinski definition) is 12. The maximum atomic E-state index is 10.8. The molecule has 0 aliphatic carbocycles. The van der Waals surface area contributed by atoms with Crippen molar-refractivity contribution in [1.29, 1.82) is 0 Å². The minimum Gasteiger partial charge on any atom is -0.394 e. The number of phosphoric ester groups is 1. The van der Waals surface area contributed by atoms with E-state index >= 15 is 0 Å². The second-order valence-electron chi connectivity index (χ2n) is 6.16. The van der Waals surface area contributed by atoms with E-state index in [1.54, 1.807) is 0 Å². The zero-order valence-corrected chi connectivity index (χ0v) is 18.8. The summed E-state index contributed by atoms with van der Waals surface area (Å²) in [7, 11) is -4.92. The van der Waals surface area contributed by atoms with E-state index in [4.69, 9.17) is 29.1 Å². The second-order valence-corrected chi connectivity index (χ2v) is 7.40. The Morgan fingerprint density at radius 3 is 2.04 bits per heavy atom. The third-order valence-corrected chi connectivity index (χ3v) is 4.78. The van der Waals surface area contributed by atoms with Crippen LogP contribution in [0.4, 0.5) is 0 Å². The summed E-state index contributed by atoms with van der Waals surface area (Å²) < 4.78 is 30.4. The first-order valence-electron chi connectivity index (χ1n) is 7.79. The Morgan fingerprint density at radius 1 is 0.929 bits per heavy atom. The van der Waals surface area contributed by atoms with E-state index in [0.717, 1.165) is 0 Å². The van der Waals surface area contributed by atoms with Crippen molar-refractivity contribution in [2.24, 2.45) is 0 Å². The van der Waals surface area contributed by atoms with Crippen molar-refractivity contribution in [1.82, 2.24) is 0 Å². The van der Waals surface area contributed by atoms with Gasteiger partial charge in [0.1, 0.15) is 49.3 Å². The Hall–Kier alpha value is 1.35. The van der Waals surface area contributed by atoms with Crippen molar-refractivity contribution < 1.29 is 68.8 Å². The largest absolute Gasteiger partial charge is 0.469 e. The fourth-order valence-electron chi connectivity index (χ4n) is 2.79. The normalized spacial score (nSPS) is 44.3.